The molecule has 3 atom stereocenters. The summed E-state index contributed by atoms with van der Waals surface area (Å²) in [6, 6.07) is 0. The molecule has 4 aliphatic rings. The van der Waals surface area contributed by atoms with Gasteiger partial charge in [0, 0.05) is 6.54 Å². The van der Waals surface area contributed by atoms with Crippen molar-refractivity contribution in [2.45, 2.75) is 43.7 Å². The first-order valence-electron chi connectivity index (χ1n) is 7.04. The van der Waals surface area contributed by atoms with Crippen molar-refractivity contribution >= 4 is 5.97 Å². The highest BCUT2D eigenvalue weighted by atomic mass is 16.5. The molecule has 3 aliphatic heterocycles. The van der Waals surface area contributed by atoms with Crippen molar-refractivity contribution in [1.82, 2.24) is 4.90 Å². The van der Waals surface area contributed by atoms with E-state index in [-0.39, 0.29) is 17.6 Å². The predicted molar refractivity (Wildman–Crippen MR) is 64.9 cm³/mol. The van der Waals surface area contributed by atoms with Gasteiger partial charge in [-0.1, -0.05) is 0 Å². The molecule has 98 valence electrons. The van der Waals surface area contributed by atoms with Crippen molar-refractivity contribution < 1.29 is 14.6 Å². The van der Waals surface area contributed by atoms with Gasteiger partial charge >= 0.3 is 5.97 Å². The minimum Gasteiger partial charge on any atom is -0.458 e. The molecule has 1 aliphatic carbocycles. The van der Waals surface area contributed by atoms with Gasteiger partial charge in [0.15, 0.2) is 0 Å². The number of carbonyl (C=O) groups is 1. The molecule has 1 N–H and O–H groups in total. The Hall–Kier alpha value is -0.870. The number of cyclic esters (lactones) is 1. The number of ether oxygens (including phenoxy) is 1. The summed E-state index contributed by atoms with van der Waals surface area (Å²) in [6.07, 6.45) is 4.51. The Bertz CT molecular complexity index is 444. The van der Waals surface area contributed by atoms with Crippen LogP contribution in [-0.2, 0) is 9.53 Å². The summed E-state index contributed by atoms with van der Waals surface area (Å²) in [5, 5.41) is 9.90. The van der Waals surface area contributed by atoms with E-state index >= 15 is 0 Å². The van der Waals surface area contributed by atoms with E-state index in [0.717, 1.165) is 50.8 Å². The average Bonchev–Trinajstić information content (AvgIpc) is 2.91. The molecule has 4 nitrogen and oxygen atoms in total. The first-order chi connectivity index (χ1) is 8.72. The average molecular weight is 249 g/mol. The summed E-state index contributed by atoms with van der Waals surface area (Å²) in [4.78, 5) is 14.6. The van der Waals surface area contributed by atoms with Crippen molar-refractivity contribution in [2.24, 2.45) is 5.92 Å². The monoisotopic (exact) mass is 249 g/mol. The Balaban J connectivity index is 1.83. The lowest BCUT2D eigenvalue weighted by Gasteiger charge is -2.49. The highest BCUT2D eigenvalue weighted by Gasteiger charge is 2.58. The largest absolute Gasteiger partial charge is 0.458 e. The normalized spacial score (nSPS) is 43.5. The third kappa shape index (κ3) is 1.20. The van der Waals surface area contributed by atoms with Gasteiger partial charge in [0.1, 0.15) is 6.61 Å². The SMILES string of the molecule is O=C1OCC2=C1[C@]13CC[C@H](O)C[C@H]1CCN3CC2. The van der Waals surface area contributed by atoms with E-state index in [1.165, 1.54) is 5.57 Å². The van der Waals surface area contributed by atoms with Gasteiger partial charge in [0.25, 0.3) is 0 Å². The molecule has 4 heteroatoms. The maximum atomic E-state index is 12.1. The molecule has 0 unspecified atom stereocenters. The summed E-state index contributed by atoms with van der Waals surface area (Å²) in [7, 11) is 0. The number of nitrogens with zero attached hydrogens (tertiary/aromatic N) is 1. The lowest BCUT2D eigenvalue weighted by molar-refractivity contribution is -0.138. The van der Waals surface area contributed by atoms with E-state index in [2.05, 4.69) is 4.90 Å². The van der Waals surface area contributed by atoms with Crippen molar-refractivity contribution in [2.75, 3.05) is 19.7 Å². The second kappa shape index (κ2) is 3.58. The van der Waals surface area contributed by atoms with Crippen LogP contribution in [0.3, 0.4) is 0 Å². The number of hydrogen-bond donors (Lipinski definition) is 1. The third-order valence-electron chi connectivity index (χ3n) is 5.45. The van der Waals surface area contributed by atoms with Gasteiger partial charge in [-0.25, -0.2) is 4.79 Å². The Kier molecular flexibility index (Phi) is 2.19. The molecule has 0 bridgehead atoms. The van der Waals surface area contributed by atoms with Crippen LogP contribution in [0.5, 0.6) is 0 Å². The second-order valence-corrected chi connectivity index (χ2v) is 6.13. The molecule has 3 heterocycles. The van der Waals surface area contributed by atoms with Crippen LogP contribution in [0.15, 0.2) is 11.1 Å². The second-order valence-electron chi connectivity index (χ2n) is 6.13. The molecule has 4 rings (SSSR count). The van der Waals surface area contributed by atoms with Crippen molar-refractivity contribution in [3.05, 3.63) is 11.1 Å². The zero-order valence-electron chi connectivity index (χ0n) is 10.5. The van der Waals surface area contributed by atoms with Crippen LogP contribution in [0.2, 0.25) is 0 Å². The molecule has 0 aromatic heterocycles. The van der Waals surface area contributed by atoms with E-state index in [1.807, 2.05) is 0 Å². The first kappa shape index (κ1) is 11.0. The van der Waals surface area contributed by atoms with E-state index in [9.17, 15) is 9.90 Å². The Labute approximate surface area is 107 Å². The number of hydrogen-bond acceptors (Lipinski definition) is 4. The topological polar surface area (TPSA) is 49.8 Å². The minimum atomic E-state index is -0.177. The van der Waals surface area contributed by atoms with Crippen molar-refractivity contribution in [3.63, 3.8) is 0 Å². The molecule has 0 aromatic rings. The standard InChI is InChI=1S/C14H19NO3/c16-11-1-4-14-10(7-11)3-6-15(14)5-2-9-8-18-13(17)12(9)14/h10-11,16H,1-8H2/t10-,11+,14+/m1/s1. The first-order valence-corrected chi connectivity index (χ1v) is 7.04. The van der Waals surface area contributed by atoms with Crippen LogP contribution in [0.4, 0.5) is 0 Å². The molecule has 0 aromatic carbocycles. The van der Waals surface area contributed by atoms with Crippen LogP contribution >= 0.6 is 0 Å². The fourth-order valence-corrected chi connectivity index (χ4v) is 4.71. The zero-order chi connectivity index (χ0) is 12.3. The van der Waals surface area contributed by atoms with Gasteiger partial charge in [-0.3, -0.25) is 4.90 Å². The van der Waals surface area contributed by atoms with E-state index in [0.29, 0.717) is 12.5 Å². The summed E-state index contributed by atoms with van der Waals surface area (Å²) in [6.45, 7) is 2.64. The number of carbonyl (C=O) groups excluding carboxylic acids is 1. The lowest BCUT2D eigenvalue weighted by Crippen LogP contribution is -2.56. The molecule has 0 amide bonds. The molecular formula is C14H19NO3. The Morgan fingerprint density at radius 2 is 2.22 bits per heavy atom. The van der Waals surface area contributed by atoms with E-state index < -0.39 is 0 Å². The van der Waals surface area contributed by atoms with Gasteiger partial charge in [0.2, 0.25) is 0 Å². The van der Waals surface area contributed by atoms with Crippen molar-refractivity contribution in [1.29, 1.82) is 0 Å². The maximum absolute atomic E-state index is 12.1. The number of rotatable bonds is 0. The van der Waals surface area contributed by atoms with Gasteiger partial charge in [-0.2, -0.15) is 0 Å². The van der Waals surface area contributed by atoms with Gasteiger partial charge < -0.3 is 9.84 Å². The van der Waals surface area contributed by atoms with Crippen LogP contribution in [0.1, 0.15) is 32.1 Å². The smallest absolute Gasteiger partial charge is 0.336 e. The molecule has 2 fully saturated rings. The molecule has 18 heavy (non-hydrogen) atoms. The summed E-state index contributed by atoms with van der Waals surface area (Å²) in [5.41, 5.74) is 2.13. The molecule has 0 radical (unpaired) electrons. The summed E-state index contributed by atoms with van der Waals surface area (Å²) in [5.74, 6) is 0.357. The molecule has 1 saturated carbocycles. The Morgan fingerprint density at radius 3 is 3.11 bits per heavy atom. The summed E-state index contributed by atoms with van der Waals surface area (Å²) < 4.78 is 5.28. The molecule has 1 saturated heterocycles. The van der Waals surface area contributed by atoms with E-state index in [4.69, 9.17) is 4.74 Å². The minimum absolute atomic E-state index is 0.0829. The molecular weight excluding hydrogens is 230 g/mol. The number of aliphatic hydroxyl groups is 1. The quantitative estimate of drug-likeness (QED) is 0.647. The lowest BCUT2D eigenvalue weighted by atomic mass is 9.66. The van der Waals surface area contributed by atoms with Crippen LogP contribution < -0.4 is 0 Å². The maximum Gasteiger partial charge on any atom is 0.336 e. The fraction of sp³-hybridized carbons (Fsp3) is 0.786. The predicted octanol–water partition coefficient (Wildman–Crippen LogP) is 0.849. The molecule has 1 spiro atoms. The van der Waals surface area contributed by atoms with Crippen LogP contribution in [0.25, 0.3) is 0 Å². The van der Waals surface area contributed by atoms with Gasteiger partial charge in [-0.05, 0) is 50.1 Å². The fourth-order valence-electron chi connectivity index (χ4n) is 4.71. The van der Waals surface area contributed by atoms with E-state index in [1.54, 1.807) is 0 Å². The highest BCUT2D eigenvalue weighted by Crippen LogP contribution is 2.53. The number of aliphatic hydroxyl groups excluding tert-OH is 1. The van der Waals surface area contributed by atoms with Crippen molar-refractivity contribution in [3.8, 4) is 0 Å². The third-order valence-corrected chi connectivity index (χ3v) is 5.45. The Morgan fingerprint density at radius 1 is 1.33 bits per heavy atom. The van der Waals surface area contributed by atoms with Crippen LogP contribution in [-0.4, -0.2) is 47.3 Å². The highest BCUT2D eigenvalue weighted by molar-refractivity contribution is 5.95. The van der Waals surface area contributed by atoms with Crippen LogP contribution in [0, 0.1) is 5.92 Å². The van der Waals surface area contributed by atoms with Gasteiger partial charge in [-0.15, -0.1) is 0 Å². The zero-order valence-corrected chi connectivity index (χ0v) is 10.5. The van der Waals surface area contributed by atoms with Gasteiger partial charge in [0.05, 0.1) is 17.2 Å². The summed E-state index contributed by atoms with van der Waals surface area (Å²) >= 11 is 0. The number of esters is 1.